The molecular formula is C18H29N3O2. The third-order valence-electron chi connectivity index (χ3n) is 3.86. The lowest BCUT2D eigenvalue weighted by Gasteiger charge is -2.29. The number of aromatic nitrogens is 1. The molecule has 5 heteroatoms. The summed E-state index contributed by atoms with van der Waals surface area (Å²) in [5, 5.41) is 3.49. The minimum atomic E-state index is -0.512. The van der Waals surface area contributed by atoms with Crippen molar-refractivity contribution in [2.24, 2.45) is 0 Å². The van der Waals surface area contributed by atoms with Gasteiger partial charge in [0.1, 0.15) is 11.4 Å². The van der Waals surface area contributed by atoms with Crippen molar-refractivity contribution < 1.29 is 9.53 Å². The van der Waals surface area contributed by atoms with E-state index in [1.165, 1.54) is 0 Å². The zero-order valence-electron chi connectivity index (χ0n) is 14.8. The Morgan fingerprint density at radius 2 is 2.26 bits per heavy atom. The third-order valence-corrected chi connectivity index (χ3v) is 3.86. The first kappa shape index (κ1) is 17.7. The average molecular weight is 319 g/mol. The van der Waals surface area contributed by atoms with Crippen LogP contribution >= 0.6 is 0 Å². The molecule has 1 aromatic rings. The number of amides is 1. The number of ether oxygens (including phenoxy) is 1. The third kappa shape index (κ3) is 4.93. The molecule has 1 fully saturated rings. The van der Waals surface area contributed by atoms with Gasteiger partial charge in [0.2, 0.25) is 0 Å². The van der Waals surface area contributed by atoms with Gasteiger partial charge in [0, 0.05) is 24.3 Å². The Bertz CT molecular complexity index is 519. The van der Waals surface area contributed by atoms with Gasteiger partial charge in [-0.25, -0.2) is 9.78 Å². The maximum Gasteiger partial charge on any atom is 0.416 e. The molecule has 1 aromatic heterocycles. The van der Waals surface area contributed by atoms with E-state index >= 15 is 0 Å². The fourth-order valence-corrected chi connectivity index (χ4v) is 2.77. The lowest BCUT2D eigenvalue weighted by Crippen LogP contribution is -2.39. The van der Waals surface area contributed by atoms with E-state index in [2.05, 4.69) is 23.3 Å². The van der Waals surface area contributed by atoms with Gasteiger partial charge >= 0.3 is 6.09 Å². The van der Waals surface area contributed by atoms with E-state index in [9.17, 15) is 4.79 Å². The van der Waals surface area contributed by atoms with Gasteiger partial charge in [-0.1, -0.05) is 19.4 Å². The number of anilines is 1. The van der Waals surface area contributed by atoms with Crippen LogP contribution in [0.15, 0.2) is 18.3 Å². The van der Waals surface area contributed by atoms with Crippen LogP contribution in [-0.4, -0.2) is 29.8 Å². The number of pyridine rings is 1. The summed E-state index contributed by atoms with van der Waals surface area (Å²) in [6, 6.07) is 4.27. The minimum absolute atomic E-state index is 0.269. The quantitative estimate of drug-likeness (QED) is 0.889. The highest BCUT2D eigenvalue weighted by atomic mass is 16.6. The average Bonchev–Trinajstić information content (AvgIpc) is 3.00. The van der Waals surface area contributed by atoms with Gasteiger partial charge in [-0.15, -0.1) is 0 Å². The van der Waals surface area contributed by atoms with Crippen LogP contribution in [0.25, 0.3) is 0 Å². The van der Waals surface area contributed by atoms with Crippen molar-refractivity contribution in [2.75, 3.05) is 18.0 Å². The normalized spacial score (nSPS) is 18.0. The van der Waals surface area contributed by atoms with Gasteiger partial charge in [0.25, 0.3) is 0 Å². The van der Waals surface area contributed by atoms with Crippen LogP contribution in [0.5, 0.6) is 0 Å². The molecule has 1 aliphatic heterocycles. The number of nitrogens with one attached hydrogen (secondary N) is 1. The summed E-state index contributed by atoms with van der Waals surface area (Å²) in [5.74, 6) is 0.731. The van der Waals surface area contributed by atoms with Crippen LogP contribution in [0.2, 0.25) is 0 Å². The molecule has 0 aliphatic carbocycles. The van der Waals surface area contributed by atoms with Crippen molar-refractivity contribution in [1.82, 2.24) is 10.3 Å². The van der Waals surface area contributed by atoms with Crippen LogP contribution in [0.1, 0.15) is 65.0 Å². The summed E-state index contributed by atoms with van der Waals surface area (Å²) in [5.41, 5.74) is 0.578. The van der Waals surface area contributed by atoms with E-state index < -0.39 is 5.60 Å². The van der Waals surface area contributed by atoms with E-state index in [0.29, 0.717) is 6.54 Å². The van der Waals surface area contributed by atoms with Crippen molar-refractivity contribution in [1.29, 1.82) is 0 Å². The van der Waals surface area contributed by atoms with Crippen molar-refractivity contribution >= 4 is 11.9 Å². The van der Waals surface area contributed by atoms with Crippen molar-refractivity contribution in [3.8, 4) is 0 Å². The zero-order chi connectivity index (χ0) is 16.9. The van der Waals surface area contributed by atoms with Crippen molar-refractivity contribution in [3.63, 3.8) is 0 Å². The van der Waals surface area contributed by atoms with Crippen LogP contribution in [0.3, 0.4) is 0 Å². The molecule has 0 bridgehead atoms. The summed E-state index contributed by atoms with van der Waals surface area (Å²) in [7, 11) is 0. The molecule has 0 aromatic carbocycles. The summed E-state index contributed by atoms with van der Waals surface area (Å²) in [6.45, 7) is 9.43. The van der Waals surface area contributed by atoms with Crippen LogP contribution < -0.4 is 10.2 Å². The van der Waals surface area contributed by atoms with E-state index in [1.54, 1.807) is 11.1 Å². The van der Waals surface area contributed by atoms with Gasteiger partial charge in [0.05, 0.1) is 0 Å². The van der Waals surface area contributed by atoms with E-state index in [4.69, 9.17) is 4.74 Å². The Kier molecular flexibility index (Phi) is 5.99. The predicted molar refractivity (Wildman–Crippen MR) is 92.7 cm³/mol. The van der Waals surface area contributed by atoms with E-state index in [1.807, 2.05) is 26.8 Å². The molecule has 1 amide bonds. The molecule has 0 spiro atoms. The number of hydrogen-bond acceptors (Lipinski definition) is 4. The summed E-state index contributed by atoms with van der Waals surface area (Å²) >= 11 is 0. The van der Waals surface area contributed by atoms with Gasteiger partial charge in [0.15, 0.2) is 0 Å². The second-order valence-corrected chi connectivity index (χ2v) is 7.05. The van der Waals surface area contributed by atoms with Crippen LogP contribution in [-0.2, 0) is 4.74 Å². The Morgan fingerprint density at radius 1 is 1.48 bits per heavy atom. The molecule has 0 radical (unpaired) electrons. The molecular weight excluding hydrogens is 290 g/mol. The molecule has 1 aliphatic rings. The first-order valence-electron chi connectivity index (χ1n) is 8.61. The molecule has 1 saturated heterocycles. The fraction of sp³-hybridized carbons (Fsp3) is 0.667. The maximum absolute atomic E-state index is 12.7. The second-order valence-electron chi connectivity index (χ2n) is 7.05. The van der Waals surface area contributed by atoms with Crippen molar-refractivity contribution in [3.05, 3.63) is 23.9 Å². The molecule has 2 heterocycles. The van der Waals surface area contributed by atoms with Gasteiger partial charge in [-0.2, -0.15) is 0 Å². The molecule has 23 heavy (non-hydrogen) atoms. The first-order valence-corrected chi connectivity index (χ1v) is 8.61. The summed E-state index contributed by atoms with van der Waals surface area (Å²) in [4.78, 5) is 18.9. The van der Waals surface area contributed by atoms with E-state index in [0.717, 1.165) is 43.6 Å². The first-order chi connectivity index (χ1) is 10.9. The number of unbranched alkanes of at least 4 members (excludes halogenated alkanes) is 1. The Balaban J connectivity index is 2.29. The molecule has 0 saturated carbocycles. The molecule has 1 atom stereocenters. The number of carbonyl (C=O) groups excluding carboxylic acids is 1. The van der Waals surface area contributed by atoms with Gasteiger partial charge < -0.3 is 10.1 Å². The fourth-order valence-electron chi connectivity index (χ4n) is 2.77. The number of carbonyl (C=O) groups is 1. The largest absolute Gasteiger partial charge is 0.443 e. The second kappa shape index (κ2) is 7.77. The Labute approximate surface area is 139 Å². The molecule has 1 N–H and O–H groups in total. The summed E-state index contributed by atoms with van der Waals surface area (Å²) in [6.07, 6.45) is 5.60. The highest BCUT2D eigenvalue weighted by Gasteiger charge is 2.28. The van der Waals surface area contributed by atoms with Crippen LogP contribution in [0, 0.1) is 0 Å². The highest BCUT2D eigenvalue weighted by Crippen LogP contribution is 2.30. The number of hydrogen-bond donors (Lipinski definition) is 1. The SMILES string of the molecule is CCCCN(C(=O)OC(C)(C)C)c1ncccc1C1CCCN1. The van der Waals surface area contributed by atoms with E-state index in [-0.39, 0.29) is 12.1 Å². The molecule has 2 rings (SSSR count). The number of rotatable bonds is 5. The standard InChI is InChI=1S/C18H29N3O2/c1-5-6-13-21(17(22)23-18(2,3)4)16-14(9-7-12-20-16)15-10-8-11-19-15/h7,9,12,15,19H,5-6,8,10-11,13H2,1-4H3. The zero-order valence-corrected chi connectivity index (χ0v) is 14.8. The molecule has 1 unspecified atom stereocenters. The maximum atomic E-state index is 12.7. The lowest BCUT2D eigenvalue weighted by atomic mass is 10.1. The smallest absolute Gasteiger partial charge is 0.416 e. The van der Waals surface area contributed by atoms with Crippen molar-refractivity contribution in [2.45, 2.75) is 65.0 Å². The Morgan fingerprint density at radius 3 is 2.87 bits per heavy atom. The minimum Gasteiger partial charge on any atom is -0.443 e. The van der Waals surface area contributed by atoms with Gasteiger partial charge in [-0.05, 0) is 52.6 Å². The monoisotopic (exact) mass is 319 g/mol. The highest BCUT2D eigenvalue weighted by molar-refractivity contribution is 5.87. The topological polar surface area (TPSA) is 54.5 Å². The van der Waals surface area contributed by atoms with Gasteiger partial charge in [-0.3, -0.25) is 4.90 Å². The predicted octanol–water partition coefficient (Wildman–Crippen LogP) is 4.05. The summed E-state index contributed by atoms with van der Waals surface area (Å²) < 4.78 is 5.60. The van der Waals surface area contributed by atoms with Crippen LogP contribution in [0.4, 0.5) is 10.6 Å². The molecule has 5 nitrogen and oxygen atoms in total. The Hall–Kier alpha value is -1.62. The lowest BCUT2D eigenvalue weighted by molar-refractivity contribution is 0.0578. The molecule has 128 valence electrons. The number of nitrogens with zero attached hydrogens (tertiary/aromatic N) is 2.